The monoisotopic (exact) mass is 524 g/mol. The Balaban J connectivity index is 0.000000238. The van der Waals surface area contributed by atoms with Crippen LogP contribution in [0.4, 0.5) is 0 Å². The summed E-state index contributed by atoms with van der Waals surface area (Å²) in [5, 5.41) is 2.68. The lowest BCUT2D eigenvalue weighted by Gasteiger charge is -2.00. The van der Waals surface area contributed by atoms with Gasteiger partial charge in [-0.25, -0.2) is 8.42 Å². The molecule has 0 amide bonds. The molecule has 0 unspecified atom stereocenters. The molecule has 0 heterocycles. The zero-order valence-electron chi connectivity index (χ0n) is 12.8. The number of halogens is 3. The summed E-state index contributed by atoms with van der Waals surface area (Å²) in [7, 11) is -2.91. The molecule has 0 fully saturated rings. The number of alkyl halides is 3. The van der Waals surface area contributed by atoms with Gasteiger partial charge >= 0.3 is 0 Å². The SMILES string of the molecule is BrCc1ccc(CBr)cc1.CS(=O)(=O)Cc1ccc(CBr)cc1. The van der Waals surface area contributed by atoms with Gasteiger partial charge in [-0.3, -0.25) is 0 Å². The molecular weight excluding hydrogens is 508 g/mol. The summed E-state index contributed by atoms with van der Waals surface area (Å²) in [6.07, 6.45) is 1.24. The predicted octanol–water partition coefficient (Wildman–Crippen LogP) is 5.60. The number of benzene rings is 2. The van der Waals surface area contributed by atoms with E-state index in [9.17, 15) is 8.42 Å². The molecule has 2 aromatic carbocycles. The summed E-state index contributed by atoms with van der Waals surface area (Å²) in [5.41, 5.74) is 4.64. The smallest absolute Gasteiger partial charge is 0.151 e. The van der Waals surface area contributed by atoms with Gasteiger partial charge in [0.1, 0.15) is 0 Å². The van der Waals surface area contributed by atoms with Crippen molar-refractivity contribution in [1.82, 2.24) is 0 Å². The van der Waals surface area contributed by atoms with Crippen molar-refractivity contribution in [2.45, 2.75) is 21.7 Å². The minimum Gasteiger partial charge on any atom is -0.229 e. The Labute approximate surface area is 164 Å². The molecule has 0 aliphatic carbocycles. The van der Waals surface area contributed by atoms with Crippen LogP contribution in [0.2, 0.25) is 0 Å². The van der Waals surface area contributed by atoms with Gasteiger partial charge in [-0.05, 0) is 22.3 Å². The fourth-order valence-electron chi connectivity index (χ4n) is 1.74. The minimum atomic E-state index is -2.91. The third-order valence-corrected chi connectivity index (χ3v) is 5.74. The van der Waals surface area contributed by atoms with Crippen LogP contribution in [-0.2, 0) is 31.6 Å². The summed E-state index contributed by atoms with van der Waals surface area (Å²) >= 11 is 10.1. The average molecular weight is 527 g/mol. The van der Waals surface area contributed by atoms with Gasteiger partial charge in [0.25, 0.3) is 0 Å². The van der Waals surface area contributed by atoms with Gasteiger partial charge in [-0.15, -0.1) is 0 Å². The van der Waals surface area contributed by atoms with Crippen molar-refractivity contribution >= 4 is 57.6 Å². The molecule has 126 valence electrons. The highest BCUT2D eigenvalue weighted by molar-refractivity contribution is 9.09. The normalized spacial score (nSPS) is 10.8. The number of rotatable bonds is 5. The zero-order chi connectivity index (χ0) is 17.3. The van der Waals surface area contributed by atoms with Crippen LogP contribution in [0.25, 0.3) is 0 Å². The molecule has 0 atom stereocenters. The van der Waals surface area contributed by atoms with Gasteiger partial charge in [-0.1, -0.05) is 96.3 Å². The van der Waals surface area contributed by atoms with Crippen LogP contribution in [-0.4, -0.2) is 14.7 Å². The van der Waals surface area contributed by atoms with Crippen molar-refractivity contribution in [2.24, 2.45) is 0 Å². The van der Waals surface area contributed by atoms with E-state index in [-0.39, 0.29) is 5.75 Å². The molecule has 6 heteroatoms. The van der Waals surface area contributed by atoms with Gasteiger partial charge < -0.3 is 0 Å². The summed E-state index contributed by atoms with van der Waals surface area (Å²) in [6.45, 7) is 0. The Morgan fingerprint density at radius 3 is 1.13 bits per heavy atom. The van der Waals surface area contributed by atoms with Crippen LogP contribution in [0.1, 0.15) is 22.3 Å². The number of hydrogen-bond donors (Lipinski definition) is 0. The van der Waals surface area contributed by atoms with Crippen molar-refractivity contribution < 1.29 is 8.42 Å². The molecule has 0 radical (unpaired) electrons. The van der Waals surface area contributed by atoms with E-state index < -0.39 is 9.84 Å². The van der Waals surface area contributed by atoms with Crippen LogP contribution in [0, 0.1) is 0 Å². The highest BCUT2D eigenvalue weighted by Gasteiger charge is 2.03. The molecule has 23 heavy (non-hydrogen) atoms. The van der Waals surface area contributed by atoms with E-state index in [1.165, 1.54) is 17.4 Å². The first-order chi connectivity index (χ1) is 10.9. The molecule has 0 saturated heterocycles. The predicted molar refractivity (Wildman–Crippen MR) is 109 cm³/mol. The minimum absolute atomic E-state index is 0.121. The van der Waals surface area contributed by atoms with E-state index in [1.807, 2.05) is 24.3 Å². The molecular formula is C17H19Br3O2S. The summed E-state index contributed by atoms with van der Waals surface area (Å²) < 4.78 is 21.9. The second kappa shape index (κ2) is 10.6. The van der Waals surface area contributed by atoms with Crippen LogP contribution in [0.5, 0.6) is 0 Å². The van der Waals surface area contributed by atoms with E-state index in [0.717, 1.165) is 27.1 Å². The average Bonchev–Trinajstić information content (AvgIpc) is 2.55. The third-order valence-electron chi connectivity index (χ3n) is 2.94. The fourth-order valence-corrected chi connectivity index (χ4v) is 3.66. The molecule has 0 aromatic heterocycles. The standard InChI is InChI=1S/C9H11BrO2S.C8H8Br2/c1-13(11,12)7-9-4-2-8(6-10)3-5-9;9-5-7-1-2-8(6-10)4-3-7/h2-5H,6-7H2,1H3;1-4H,5-6H2. The van der Waals surface area contributed by atoms with Crippen molar-refractivity contribution in [3.05, 3.63) is 70.8 Å². The molecule has 0 aliphatic rings. The van der Waals surface area contributed by atoms with Gasteiger partial charge in [0.05, 0.1) is 5.75 Å². The zero-order valence-corrected chi connectivity index (χ0v) is 18.4. The van der Waals surface area contributed by atoms with Crippen molar-refractivity contribution in [3.8, 4) is 0 Å². The largest absolute Gasteiger partial charge is 0.229 e. The van der Waals surface area contributed by atoms with E-state index in [0.29, 0.717) is 0 Å². The second-order valence-electron chi connectivity index (χ2n) is 5.10. The Morgan fingerprint density at radius 1 is 0.652 bits per heavy atom. The maximum Gasteiger partial charge on any atom is 0.151 e. The van der Waals surface area contributed by atoms with Crippen molar-refractivity contribution in [3.63, 3.8) is 0 Å². The highest BCUT2D eigenvalue weighted by Crippen LogP contribution is 2.10. The topological polar surface area (TPSA) is 34.1 Å². The van der Waals surface area contributed by atoms with Gasteiger partial charge in [-0.2, -0.15) is 0 Å². The van der Waals surface area contributed by atoms with Gasteiger partial charge in [0.15, 0.2) is 9.84 Å². The van der Waals surface area contributed by atoms with Crippen molar-refractivity contribution in [1.29, 1.82) is 0 Å². The van der Waals surface area contributed by atoms with E-state index in [1.54, 1.807) is 0 Å². The summed E-state index contributed by atoms with van der Waals surface area (Å²) in [4.78, 5) is 0. The van der Waals surface area contributed by atoms with E-state index in [2.05, 4.69) is 72.1 Å². The fraction of sp³-hybridized carbons (Fsp3) is 0.294. The molecule has 0 N–H and O–H groups in total. The lowest BCUT2D eigenvalue weighted by atomic mass is 10.2. The first-order valence-electron chi connectivity index (χ1n) is 6.89. The maximum absolute atomic E-state index is 10.9. The first kappa shape index (κ1) is 20.9. The molecule has 2 aromatic rings. The summed E-state index contributed by atoms with van der Waals surface area (Å²) in [5.74, 6) is 0.121. The molecule has 0 spiro atoms. The lowest BCUT2D eigenvalue weighted by molar-refractivity contribution is 0.601. The van der Waals surface area contributed by atoms with E-state index in [4.69, 9.17) is 0 Å². The Hall–Kier alpha value is -0.170. The van der Waals surface area contributed by atoms with Gasteiger partial charge in [0.2, 0.25) is 0 Å². The van der Waals surface area contributed by atoms with Crippen molar-refractivity contribution in [2.75, 3.05) is 6.26 Å². The maximum atomic E-state index is 10.9. The molecule has 2 rings (SSSR count). The first-order valence-corrected chi connectivity index (χ1v) is 12.3. The Morgan fingerprint density at radius 2 is 0.913 bits per heavy atom. The van der Waals surface area contributed by atoms with Crippen LogP contribution in [0.15, 0.2) is 48.5 Å². The number of sulfone groups is 1. The molecule has 0 saturated carbocycles. The van der Waals surface area contributed by atoms with Crippen LogP contribution in [0.3, 0.4) is 0 Å². The highest BCUT2D eigenvalue weighted by atomic mass is 79.9. The molecule has 2 nitrogen and oxygen atoms in total. The number of hydrogen-bond acceptors (Lipinski definition) is 2. The third kappa shape index (κ3) is 9.03. The summed E-state index contributed by atoms with van der Waals surface area (Å²) in [6, 6.07) is 16.1. The quantitative estimate of drug-likeness (QED) is 0.475. The van der Waals surface area contributed by atoms with E-state index >= 15 is 0 Å². The molecule has 0 aliphatic heterocycles. The van der Waals surface area contributed by atoms with Crippen LogP contribution >= 0.6 is 47.8 Å². The lowest BCUT2D eigenvalue weighted by Crippen LogP contribution is -2.00. The second-order valence-corrected chi connectivity index (χ2v) is 8.93. The van der Waals surface area contributed by atoms with Gasteiger partial charge in [0, 0.05) is 22.2 Å². The Kier molecular flexibility index (Phi) is 9.66. The molecule has 0 bridgehead atoms. The van der Waals surface area contributed by atoms with Crippen LogP contribution < -0.4 is 0 Å². The Bertz CT molecular complexity index is 658.